The van der Waals surface area contributed by atoms with Crippen LogP contribution in [0.1, 0.15) is 21.6 Å². The Morgan fingerprint density at radius 3 is 2.78 bits per heavy atom. The summed E-state index contributed by atoms with van der Waals surface area (Å²) in [4.78, 5) is 15.5. The Bertz CT molecular complexity index is 871. The van der Waals surface area contributed by atoms with E-state index in [0.29, 0.717) is 11.3 Å². The SMILES string of the molecule is COc1ccc2[nH]c(C(=O)NCc3ccccc3F)c(C)c2c1. The number of rotatable bonds is 4. The van der Waals surface area contributed by atoms with Crippen molar-refractivity contribution in [1.29, 1.82) is 0 Å². The number of hydrogen-bond acceptors (Lipinski definition) is 2. The molecule has 1 heterocycles. The summed E-state index contributed by atoms with van der Waals surface area (Å²) in [6, 6.07) is 12.0. The van der Waals surface area contributed by atoms with Gasteiger partial charge in [0, 0.05) is 23.0 Å². The lowest BCUT2D eigenvalue weighted by molar-refractivity contribution is 0.0946. The molecule has 0 radical (unpaired) electrons. The van der Waals surface area contributed by atoms with Crippen molar-refractivity contribution in [3.05, 3.63) is 65.1 Å². The summed E-state index contributed by atoms with van der Waals surface area (Å²) in [5.74, 6) is 0.143. The van der Waals surface area contributed by atoms with E-state index in [1.807, 2.05) is 25.1 Å². The topological polar surface area (TPSA) is 54.1 Å². The van der Waals surface area contributed by atoms with E-state index in [1.165, 1.54) is 6.07 Å². The van der Waals surface area contributed by atoms with Crippen LogP contribution in [-0.4, -0.2) is 18.0 Å². The van der Waals surface area contributed by atoms with E-state index in [-0.39, 0.29) is 18.3 Å². The molecule has 118 valence electrons. The molecule has 0 saturated heterocycles. The number of aromatic amines is 1. The van der Waals surface area contributed by atoms with Crippen LogP contribution in [0.2, 0.25) is 0 Å². The molecule has 3 rings (SSSR count). The van der Waals surface area contributed by atoms with E-state index < -0.39 is 0 Å². The van der Waals surface area contributed by atoms with Gasteiger partial charge < -0.3 is 15.0 Å². The fourth-order valence-electron chi connectivity index (χ4n) is 2.57. The van der Waals surface area contributed by atoms with Crippen molar-refractivity contribution in [2.45, 2.75) is 13.5 Å². The van der Waals surface area contributed by atoms with Crippen LogP contribution in [0.5, 0.6) is 5.75 Å². The molecule has 0 aliphatic rings. The number of H-pyrrole nitrogens is 1. The highest BCUT2D eigenvalue weighted by atomic mass is 19.1. The van der Waals surface area contributed by atoms with Gasteiger partial charge in [0.05, 0.1) is 7.11 Å². The highest BCUT2D eigenvalue weighted by Gasteiger charge is 2.15. The summed E-state index contributed by atoms with van der Waals surface area (Å²) in [7, 11) is 1.60. The molecule has 5 heteroatoms. The predicted octanol–water partition coefficient (Wildman–Crippen LogP) is 3.55. The normalized spacial score (nSPS) is 10.7. The van der Waals surface area contributed by atoms with Crippen molar-refractivity contribution in [2.75, 3.05) is 7.11 Å². The number of halogens is 1. The number of benzene rings is 2. The van der Waals surface area contributed by atoms with E-state index in [0.717, 1.165) is 22.2 Å². The minimum Gasteiger partial charge on any atom is -0.497 e. The average molecular weight is 312 g/mol. The molecule has 23 heavy (non-hydrogen) atoms. The molecule has 0 bridgehead atoms. The van der Waals surface area contributed by atoms with Crippen LogP contribution in [0, 0.1) is 12.7 Å². The second kappa shape index (κ2) is 6.12. The quantitative estimate of drug-likeness (QED) is 0.774. The monoisotopic (exact) mass is 312 g/mol. The summed E-state index contributed by atoms with van der Waals surface area (Å²) in [5.41, 5.74) is 2.63. The molecule has 2 aromatic carbocycles. The molecule has 1 amide bonds. The lowest BCUT2D eigenvalue weighted by atomic mass is 10.1. The Morgan fingerprint density at radius 2 is 2.04 bits per heavy atom. The first-order chi connectivity index (χ1) is 11.1. The zero-order valence-electron chi connectivity index (χ0n) is 12.9. The van der Waals surface area contributed by atoms with Crippen LogP contribution < -0.4 is 10.1 Å². The van der Waals surface area contributed by atoms with Crippen molar-refractivity contribution < 1.29 is 13.9 Å². The van der Waals surface area contributed by atoms with Gasteiger partial charge >= 0.3 is 0 Å². The van der Waals surface area contributed by atoms with Gasteiger partial charge in [-0.2, -0.15) is 0 Å². The Hall–Kier alpha value is -2.82. The summed E-state index contributed by atoms with van der Waals surface area (Å²) >= 11 is 0. The average Bonchev–Trinajstić information content (AvgIpc) is 2.90. The van der Waals surface area contributed by atoms with Gasteiger partial charge in [-0.25, -0.2) is 4.39 Å². The predicted molar refractivity (Wildman–Crippen MR) is 87.2 cm³/mol. The number of aryl methyl sites for hydroxylation is 1. The van der Waals surface area contributed by atoms with Crippen LogP contribution in [0.15, 0.2) is 42.5 Å². The van der Waals surface area contributed by atoms with Crippen molar-refractivity contribution in [3.63, 3.8) is 0 Å². The number of carbonyl (C=O) groups excluding carboxylic acids is 1. The number of ether oxygens (including phenoxy) is 1. The first-order valence-corrected chi connectivity index (χ1v) is 7.28. The van der Waals surface area contributed by atoms with Gasteiger partial charge in [-0.15, -0.1) is 0 Å². The molecule has 0 spiro atoms. The van der Waals surface area contributed by atoms with Gasteiger partial charge in [0.25, 0.3) is 5.91 Å². The Balaban J connectivity index is 1.83. The molecule has 0 atom stereocenters. The lowest BCUT2D eigenvalue weighted by Crippen LogP contribution is -2.24. The molecule has 0 aliphatic carbocycles. The number of aromatic nitrogens is 1. The van der Waals surface area contributed by atoms with E-state index >= 15 is 0 Å². The maximum Gasteiger partial charge on any atom is 0.268 e. The van der Waals surface area contributed by atoms with Gasteiger partial charge in [-0.1, -0.05) is 18.2 Å². The molecule has 1 aromatic heterocycles. The maximum absolute atomic E-state index is 13.6. The van der Waals surface area contributed by atoms with E-state index in [2.05, 4.69) is 10.3 Å². The Kier molecular flexibility index (Phi) is 4.02. The van der Waals surface area contributed by atoms with Gasteiger partial charge in [0.2, 0.25) is 0 Å². The number of nitrogens with one attached hydrogen (secondary N) is 2. The molecule has 3 aromatic rings. The van der Waals surface area contributed by atoms with Crippen LogP contribution in [0.25, 0.3) is 10.9 Å². The van der Waals surface area contributed by atoms with E-state index in [9.17, 15) is 9.18 Å². The molecule has 4 nitrogen and oxygen atoms in total. The van der Waals surface area contributed by atoms with Crippen LogP contribution >= 0.6 is 0 Å². The van der Waals surface area contributed by atoms with Gasteiger partial charge in [0.1, 0.15) is 17.3 Å². The van der Waals surface area contributed by atoms with Crippen LogP contribution in [-0.2, 0) is 6.54 Å². The van der Waals surface area contributed by atoms with E-state index in [4.69, 9.17) is 4.74 Å². The van der Waals surface area contributed by atoms with E-state index in [1.54, 1.807) is 25.3 Å². The zero-order chi connectivity index (χ0) is 16.4. The molecule has 0 aliphatic heterocycles. The number of methoxy groups -OCH3 is 1. The molecule has 2 N–H and O–H groups in total. The van der Waals surface area contributed by atoms with Crippen molar-refractivity contribution in [1.82, 2.24) is 10.3 Å². The summed E-state index contributed by atoms with van der Waals surface area (Å²) in [6.45, 7) is 2.01. The summed E-state index contributed by atoms with van der Waals surface area (Å²) in [6.07, 6.45) is 0. The standard InChI is InChI=1S/C18H17FN2O2/c1-11-14-9-13(23-2)7-8-16(14)21-17(11)18(22)20-10-12-5-3-4-6-15(12)19/h3-9,21H,10H2,1-2H3,(H,20,22). The molecular weight excluding hydrogens is 295 g/mol. The molecule has 0 fully saturated rings. The third-order valence-corrected chi connectivity index (χ3v) is 3.89. The first-order valence-electron chi connectivity index (χ1n) is 7.28. The smallest absolute Gasteiger partial charge is 0.268 e. The number of hydrogen-bond donors (Lipinski definition) is 2. The van der Waals surface area contributed by atoms with Gasteiger partial charge in [0.15, 0.2) is 0 Å². The third kappa shape index (κ3) is 2.90. The second-order valence-corrected chi connectivity index (χ2v) is 5.31. The van der Waals surface area contributed by atoms with Crippen LogP contribution in [0.3, 0.4) is 0 Å². The van der Waals surface area contributed by atoms with Crippen molar-refractivity contribution >= 4 is 16.8 Å². The van der Waals surface area contributed by atoms with Crippen LogP contribution in [0.4, 0.5) is 4.39 Å². The minimum absolute atomic E-state index is 0.142. The largest absolute Gasteiger partial charge is 0.497 e. The number of carbonyl (C=O) groups is 1. The van der Waals surface area contributed by atoms with Gasteiger partial charge in [-0.3, -0.25) is 4.79 Å². The zero-order valence-corrected chi connectivity index (χ0v) is 12.9. The number of amides is 1. The number of fused-ring (bicyclic) bond motifs is 1. The summed E-state index contributed by atoms with van der Waals surface area (Å²) < 4.78 is 18.8. The van der Waals surface area contributed by atoms with Crippen molar-refractivity contribution in [3.8, 4) is 5.75 Å². The molecule has 0 saturated carbocycles. The fourth-order valence-corrected chi connectivity index (χ4v) is 2.57. The second-order valence-electron chi connectivity index (χ2n) is 5.31. The summed E-state index contributed by atoms with van der Waals surface area (Å²) in [5, 5.41) is 3.68. The molecular formula is C18H17FN2O2. The lowest BCUT2D eigenvalue weighted by Gasteiger charge is -2.06. The maximum atomic E-state index is 13.6. The highest BCUT2D eigenvalue weighted by Crippen LogP contribution is 2.26. The Morgan fingerprint density at radius 1 is 1.26 bits per heavy atom. The fraction of sp³-hybridized carbons (Fsp3) is 0.167. The molecule has 0 unspecified atom stereocenters. The highest BCUT2D eigenvalue weighted by molar-refractivity contribution is 6.01. The Labute approximate surface area is 133 Å². The minimum atomic E-state index is -0.328. The van der Waals surface area contributed by atoms with Gasteiger partial charge in [-0.05, 0) is 36.8 Å². The first kappa shape index (κ1) is 15.1. The third-order valence-electron chi connectivity index (χ3n) is 3.89. The van der Waals surface area contributed by atoms with Crippen molar-refractivity contribution in [2.24, 2.45) is 0 Å².